The van der Waals surface area contributed by atoms with Crippen LogP contribution in [0.25, 0.3) is 0 Å². The van der Waals surface area contributed by atoms with E-state index in [4.69, 9.17) is 16.6 Å². The summed E-state index contributed by atoms with van der Waals surface area (Å²) in [6.45, 7) is 5.74. The van der Waals surface area contributed by atoms with Gasteiger partial charge in [-0.2, -0.15) is 0 Å². The number of hydrogen-bond donors (Lipinski definition) is 3. The summed E-state index contributed by atoms with van der Waals surface area (Å²) >= 11 is 5.25. The van der Waals surface area contributed by atoms with Crippen LogP contribution in [0.1, 0.15) is 37.6 Å². The lowest BCUT2D eigenvalue weighted by molar-refractivity contribution is 0.0974. The highest BCUT2D eigenvalue weighted by Gasteiger charge is 2.12. The van der Waals surface area contributed by atoms with Crippen molar-refractivity contribution >= 4 is 40.5 Å². The van der Waals surface area contributed by atoms with E-state index in [2.05, 4.69) is 16.0 Å². The van der Waals surface area contributed by atoms with Gasteiger partial charge in [0.1, 0.15) is 0 Å². The first-order valence-corrected chi connectivity index (χ1v) is 9.39. The molecule has 3 aromatic rings. The van der Waals surface area contributed by atoms with E-state index in [1.807, 2.05) is 45.0 Å². The number of hydrogen-bond acceptors (Lipinski definition) is 4. The van der Waals surface area contributed by atoms with Crippen molar-refractivity contribution in [3.8, 4) is 0 Å². The molecular formula is C22H21N3O3S. The predicted molar refractivity (Wildman–Crippen MR) is 117 cm³/mol. The van der Waals surface area contributed by atoms with Crippen LogP contribution in [0, 0.1) is 20.8 Å². The Labute approximate surface area is 174 Å². The maximum absolute atomic E-state index is 12.4. The molecule has 7 heteroatoms. The molecule has 29 heavy (non-hydrogen) atoms. The lowest BCUT2D eigenvalue weighted by Gasteiger charge is -2.13. The van der Waals surface area contributed by atoms with Gasteiger partial charge in [0.05, 0.1) is 6.26 Å². The smallest absolute Gasteiger partial charge is 0.291 e. The summed E-state index contributed by atoms with van der Waals surface area (Å²) in [7, 11) is 0. The van der Waals surface area contributed by atoms with Crippen LogP contribution in [0.4, 0.5) is 11.4 Å². The summed E-state index contributed by atoms with van der Waals surface area (Å²) in [6.07, 6.45) is 1.45. The number of benzene rings is 2. The first kappa shape index (κ1) is 20.3. The fraction of sp³-hybridized carbons (Fsp3) is 0.136. The molecule has 3 N–H and O–H groups in total. The number of rotatable bonds is 4. The third-order valence-electron chi connectivity index (χ3n) is 4.19. The molecule has 0 radical (unpaired) electrons. The molecule has 0 aliphatic heterocycles. The van der Waals surface area contributed by atoms with Gasteiger partial charge >= 0.3 is 0 Å². The molecule has 0 saturated carbocycles. The van der Waals surface area contributed by atoms with E-state index in [1.54, 1.807) is 24.3 Å². The van der Waals surface area contributed by atoms with Gasteiger partial charge in [-0.3, -0.25) is 14.9 Å². The highest BCUT2D eigenvalue weighted by molar-refractivity contribution is 7.80. The van der Waals surface area contributed by atoms with Crippen molar-refractivity contribution < 1.29 is 14.0 Å². The number of carbonyl (C=O) groups is 2. The summed E-state index contributed by atoms with van der Waals surface area (Å²) < 4.78 is 5.09. The molecule has 0 atom stereocenters. The molecule has 2 amide bonds. The second kappa shape index (κ2) is 8.70. The second-order valence-electron chi connectivity index (χ2n) is 6.75. The molecule has 0 fully saturated rings. The number of aryl methyl sites for hydroxylation is 3. The molecule has 1 heterocycles. The van der Waals surface area contributed by atoms with Crippen LogP contribution >= 0.6 is 12.2 Å². The van der Waals surface area contributed by atoms with Crippen molar-refractivity contribution in [1.82, 2.24) is 5.32 Å². The Hall–Kier alpha value is -3.45. The number of anilines is 2. The third kappa shape index (κ3) is 5.30. The highest BCUT2D eigenvalue weighted by atomic mass is 32.1. The molecule has 6 nitrogen and oxygen atoms in total. The van der Waals surface area contributed by atoms with Crippen LogP contribution in [-0.2, 0) is 0 Å². The van der Waals surface area contributed by atoms with Crippen molar-refractivity contribution in [2.75, 3.05) is 10.6 Å². The molecule has 0 saturated heterocycles. The number of carbonyl (C=O) groups excluding carboxylic acids is 2. The van der Waals surface area contributed by atoms with E-state index in [1.165, 1.54) is 6.26 Å². The van der Waals surface area contributed by atoms with Crippen LogP contribution in [0.5, 0.6) is 0 Å². The van der Waals surface area contributed by atoms with Gasteiger partial charge in [-0.1, -0.05) is 17.2 Å². The summed E-state index contributed by atoms with van der Waals surface area (Å²) in [5, 5.41) is 8.66. The summed E-state index contributed by atoms with van der Waals surface area (Å²) in [6, 6.07) is 14.2. The fourth-order valence-electron chi connectivity index (χ4n) is 2.92. The SMILES string of the molecule is Cc1cc(C)cc(C(=O)NC(=S)Nc2ccc(NC(=O)c3ccco3)c(C)c2)c1. The van der Waals surface area contributed by atoms with Gasteiger partial charge in [0.15, 0.2) is 10.9 Å². The summed E-state index contributed by atoms with van der Waals surface area (Å²) in [5.41, 5.74) is 4.76. The first-order valence-electron chi connectivity index (χ1n) is 8.98. The lowest BCUT2D eigenvalue weighted by atomic mass is 10.1. The van der Waals surface area contributed by atoms with Crippen molar-refractivity contribution in [2.45, 2.75) is 20.8 Å². The van der Waals surface area contributed by atoms with Gasteiger partial charge in [0, 0.05) is 16.9 Å². The van der Waals surface area contributed by atoms with Crippen LogP contribution in [0.3, 0.4) is 0 Å². The average Bonchev–Trinajstić information content (AvgIpc) is 3.18. The van der Waals surface area contributed by atoms with E-state index < -0.39 is 0 Å². The third-order valence-corrected chi connectivity index (χ3v) is 4.39. The molecule has 0 unspecified atom stereocenters. The minimum Gasteiger partial charge on any atom is -0.459 e. The number of nitrogens with one attached hydrogen (secondary N) is 3. The zero-order valence-corrected chi connectivity index (χ0v) is 17.1. The number of thiocarbonyl (C=S) groups is 1. The van der Waals surface area contributed by atoms with Crippen molar-refractivity contribution in [2.24, 2.45) is 0 Å². The topological polar surface area (TPSA) is 83.4 Å². The highest BCUT2D eigenvalue weighted by Crippen LogP contribution is 2.20. The van der Waals surface area contributed by atoms with Gasteiger partial charge in [-0.15, -0.1) is 0 Å². The summed E-state index contributed by atoms with van der Waals surface area (Å²) in [4.78, 5) is 24.5. The van der Waals surface area contributed by atoms with Gasteiger partial charge in [0.2, 0.25) is 0 Å². The van der Waals surface area contributed by atoms with E-state index in [0.717, 1.165) is 16.7 Å². The van der Waals surface area contributed by atoms with Crippen molar-refractivity contribution in [3.63, 3.8) is 0 Å². The quantitative estimate of drug-likeness (QED) is 0.551. The number of amides is 2. The Balaban J connectivity index is 1.62. The zero-order chi connectivity index (χ0) is 21.0. The molecule has 0 aliphatic carbocycles. The van der Waals surface area contributed by atoms with Gasteiger partial charge in [-0.05, 0) is 81.0 Å². The van der Waals surface area contributed by atoms with E-state index in [-0.39, 0.29) is 22.7 Å². The Morgan fingerprint density at radius 1 is 0.897 bits per heavy atom. The molecule has 2 aromatic carbocycles. The molecular weight excluding hydrogens is 386 g/mol. The molecule has 148 valence electrons. The monoisotopic (exact) mass is 407 g/mol. The van der Waals surface area contributed by atoms with Gasteiger partial charge < -0.3 is 15.1 Å². The normalized spacial score (nSPS) is 10.3. The second-order valence-corrected chi connectivity index (χ2v) is 7.15. The minimum atomic E-state index is -0.324. The average molecular weight is 407 g/mol. The number of furan rings is 1. The molecule has 1 aromatic heterocycles. The Morgan fingerprint density at radius 2 is 1.62 bits per heavy atom. The maximum Gasteiger partial charge on any atom is 0.291 e. The molecule has 3 rings (SSSR count). The van der Waals surface area contributed by atoms with Crippen LogP contribution in [0.2, 0.25) is 0 Å². The van der Waals surface area contributed by atoms with E-state index >= 15 is 0 Å². The largest absolute Gasteiger partial charge is 0.459 e. The van der Waals surface area contributed by atoms with Crippen LogP contribution in [-0.4, -0.2) is 16.9 Å². The molecule has 0 spiro atoms. The standard InChI is InChI=1S/C22H21N3O3S/c1-13-9-14(2)11-16(10-13)20(26)25-22(29)23-17-6-7-18(15(3)12-17)24-21(27)19-5-4-8-28-19/h4-12H,1-3H3,(H,24,27)(H2,23,25,26,29). The fourth-order valence-corrected chi connectivity index (χ4v) is 3.13. The maximum atomic E-state index is 12.4. The van der Waals surface area contributed by atoms with E-state index in [9.17, 15) is 9.59 Å². The van der Waals surface area contributed by atoms with Crippen molar-refractivity contribution in [3.05, 3.63) is 82.8 Å². The van der Waals surface area contributed by atoms with E-state index in [0.29, 0.717) is 16.9 Å². The molecule has 0 aliphatic rings. The Morgan fingerprint density at radius 3 is 2.24 bits per heavy atom. The van der Waals surface area contributed by atoms with Gasteiger partial charge in [0.25, 0.3) is 11.8 Å². The first-order chi connectivity index (χ1) is 13.8. The van der Waals surface area contributed by atoms with Gasteiger partial charge in [-0.25, -0.2) is 0 Å². The lowest BCUT2D eigenvalue weighted by Crippen LogP contribution is -2.34. The van der Waals surface area contributed by atoms with Crippen LogP contribution in [0.15, 0.2) is 59.2 Å². The minimum absolute atomic E-state index is 0.195. The van der Waals surface area contributed by atoms with Crippen LogP contribution < -0.4 is 16.0 Å². The Bertz CT molecular complexity index is 1050. The predicted octanol–water partition coefficient (Wildman–Crippen LogP) is 4.58. The Kier molecular flexibility index (Phi) is 6.09. The summed E-state index contributed by atoms with van der Waals surface area (Å²) in [5.74, 6) is -0.356. The molecule has 0 bridgehead atoms. The zero-order valence-electron chi connectivity index (χ0n) is 16.3. The van der Waals surface area contributed by atoms with Crippen molar-refractivity contribution in [1.29, 1.82) is 0 Å².